The minimum atomic E-state index is -0.320. The zero-order chi connectivity index (χ0) is 18.5. The van der Waals surface area contributed by atoms with Crippen molar-refractivity contribution < 1.29 is 9.18 Å². The highest BCUT2D eigenvalue weighted by Gasteiger charge is 2.08. The van der Waals surface area contributed by atoms with Gasteiger partial charge in [0.2, 0.25) is 0 Å². The molecular formula is C19H18FN5O. The summed E-state index contributed by atoms with van der Waals surface area (Å²) in [5.41, 5.74) is 5.21. The largest absolute Gasteiger partial charge is 0.328 e. The molecule has 3 rings (SSSR count). The molecule has 0 fully saturated rings. The maximum Gasteiger partial charge on any atom is 0.258 e. The number of nitrogens with zero attached hydrogens (tertiary/aromatic N) is 2. The Hall–Kier alpha value is -3.48. The summed E-state index contributed by atoms with van der Waals surface area (Å²) < 4.78 is 14.7. The van der Waals surface area contributed by atoms with Gasteiger partial charge in [0, 0.05) is 19.4 Å². The molecule has 2 aromatic heterocycles. The molecule has 0 spiro atoms. The van der Waals surface area contributed by atoms with E-state index in [-0.39, 0.29) is 17.2 Å². The van der Waals surface area contributed by atoms with Gasteiger partial charge in [0.05, 0.1) is 5.56 Å². The molecule has 0 aliphatic rings. The van der Waals surface area contributed by atoms with Crippen LogP contribution in [0.3, 0.4) is 0 Å². The highest BCUT2D eigenvalue weighted by atomic mass is 19.1. The summed E-state index contributed by atoms with van der Waals surface area (Å²) in [6.07, 6.45) is 3.75. The molecule has 0 aliphatic carbocycles. The number of benzene rings is 1. The molecule has 3 aromatic rings. The first-order valence-corrected chi connectivity index (χ1v) is 8.01. The summed E-state index contributed by atoms with van der Waals surface area (Å²) in [5, 5.41) is 10.4. The second-order valence-electron chi connectivity index (χ2n) is 5.71. The molecule has 0 bridgehead atoms. The van der Waals surface area contributed by atoms with Crippen LogP contribution < -0.4 is 16.2 Å². The number of anilines is 1. The summed E-state index contributed by atoms with van der Waals surface area (Å²) in [6, 6.07) is 13.1. The van der Waals surface area contributed by atoms with Gasteiger partial charge in [-0.2, -0.15) is 0 Å². The van der Waals surface area contributed by atoms with Crippen molar-refractivity contribution in [1.29, 1.82) is 5.41 Å². The number of nitrogens with one attached hydrogen (secondary N) is 3. The Kier molecular flexibility index (Phi) is 5.07. The van der Waals surface area contributed by atoms with Gasteiger partial charge in [0.1, 0.15) is 17.1 Å². The summed E-state index contributed by atoms with van der Waals surface area (Å²) >= 11 is 0. The number of aromatic nitrogens is 2. The molecule has 6 nitrogen and oxygen atoms in total. The van der Waals surface area contributed by atoms with Crippen molar-refractivity contribution in [2.45, 2.75) is 6.42 Å². The van der Waals surface area contributed by atoms with E-state index in [1.807, 2.05) is 12.1 Å². The molecule has 7 heteroatoms. The van der Waals surface area contributed by atoms with E-state index >= 15 is 0 Å². The minimum Gasteiger partial charge on any atom is -0.328 e. The summed E-state index contributed by atoms with van der Waals surface area (Å²) in [7, 11) is 1.67. The molecule has 0 saturated heterocycles. The van der Waals surface area contributed by atoms with E-state index in [2.05, 4.69) is 15.7 Å². The number of halogens is 1. The van der Waals surface area contributed by atoms with Crippen LogP contribution in [0.1, 0.15) is 21.5 Å². The SMILES string of the molecule is CNn1cc(C(=O)Nc2ccc(Cc3cccc(F)c3)cn2)ccc1=N. The fraction of sp³-hybridized carbons (Fsp3) is 0.105. The van der Waals surface area contributed by atoms with Gasteiger partial charge in [-0.3, -0.25) is 10.2 Å². The number of carbonyl (C=O) groups is 1. The number of hydrogen-bond acceptors (Lipinski definition) is 4. The normalized spacial score (nSPS) is 10.4. The minimum absolute atomic E-state index is 0.240. The van der Waals surface area contributed by atoms with Crippen LogP contribution in [0.15, 0.2) is 60.9 Å². The lowest BCUT2D eigenvalue weighted by Gasteiger charge is -2.09. The number of carbonyl (C=O) groups excluding carboxylic acids is 1. The van der Waals surface area contributed by atoms with Crippen LogP contribution in [0, 0.1) is 11.2 Å². The zero-order valence-corrected chi connectivity index (χ0v) is 14.2. The average molecular weight is 351 g/mol. The second kappa shape index (κ2) is 7.60. The lowest BCUT2D eigenvalue weighted by Crippen LogP contribution is -2.27. The first kappa shape index (κ1) is 17.3. The maximum atomic E-state index is 13.2. The van der Waals surface area contributed by atoms with Gasteiger partial charge in [-0.1, -0.05) is 18.2 Å². The van der Waals surface area contributed by atoms with Gasteiger partial charge >= 0.3 is 0 Å². The van der Waals surface area contributed by atoms with Crippen molar-refractivity contribution in [3.63, 3.8) is 0 Å². The van der Waals surface area contributed by atoms with Crippen LogP contribution in [0.25, 0.3) is 0 Å². The monoisotopic (exact) mass is 351 g/mol. The van der Waals surface area contributed by atoms with Gasteiger partial charge < -0.3 is 10.7 Å². The van der Waals surface area contributed by atoms with Crippen molar-refractivity contribution in [3.8, 4) is 0 Å². The van der Waals surface area contributed by atoms with Crippen molar-refractivity contribution in [1.82, 2.24) is 9.66 Å². The Labute approximate surface area is 149 Å². The third-order valence-electron chi connectivity index (χ3n) is 3.82. The lowest BCUT2D eigenvalue weighted by molar-refractivity contribution is 0.102. The van der Waals surface area contributed by atoms with Gasteiger partial charge in [-0.15, -0.1) is 0 Å². The van der Waals surface area contributed by atoms with Gasteiger partial charge in [0.25, 0.3) is 5.91 Å². The van der Waals surface area contributed by atoms with E-state index < -0.39 is 0 Å². The average Bonchev–Trinajstić information content (AvgIpc) is 2.64. The van der Waals surface area contributed by atoms with E-state index in [0.29, 0.717) is 17.8 Å². The number of rotatable bonds is 5. The van der Waals surface area contributed by atoms with Crippen LogP contribution in [-0.2, 0) is 6.42 Å². The molecule has 0 saturated carbocycles. The van der Waals surface area contributed by atoms with Crippen LogP contribution in [0.5, 0.6) is 0 Å². The third-order valence-corrected chi connectivity index (χ3v) is 3.82. The molecule has 0 unspecified atom stereocenters. The molecule has 1 aromatic carbocycles. The smallest absolute Gasteiger partial charge is 0.258 e. The maximum absolute atomic E-state index is 13.2. The number of hydrogen-bond donors (Lipinski definition) is 3. The van der Waals surface area contributed by atoms with E-state index in [1.165, 1.54) is 29.1 Å². The van der Waals surface area contributed by atoms with Gasteiger partial charge in [-0.25, -0.2) is 14.1 Å². The Bertz CT molecular complexity index is 982. The van der Waals surface area contributed by atoms with Crippen molar-refractivity contribution in [2.75, 3.05) is 17.8 Å². The van der Waals surface area contributed by atoms with Crippen LogP contribution >= 0.6 is 0 Å². The van der Waals surface area contributed by atoms with Gasteiger partial charge in [0.15, 0.2) is 0 Å². The Morgan fingerprint density at radius 3 is 2.73 bits per heavy atom. The van der Waals surface area contributed by atoms with E-state index in [0.717, 1.165) is 11.1 Å². The summed E-state index contributed by atoms with van der Waals surface area (Å²) in [6.45, 7) is 0. The van der Waals surface area contributed by atoms with Crippen molar-refractivity contribution in [2.24, 2.45) is 0 Å². The third kappa shape index (κ3) is 4.13. The van der Waals surface area contributed by atoms with Gasteiger partial charge in [-0.05, 0) is 47.9 Å². The summed E-state index contributed by atoms with van der Waals surface area (Å²) in [4.78, 5) is 16.5. The summed E-state index contributed by atoms with van der Waals surface area (Å²) in [5.74, 6) is -0.167. The van der Waals surface area contributed by atoms with E-state index in [4.69, 9.17) is 5.41 Å². The van der Waals surface area contributed by atoms with E-state index in [1.54, 1.807) is 31.4 Å². The van der Waals surface area contributed by atoms with Crippen molar-refractivity contribution >= 4 is 11.7 Å². The molecule has 2 heterocycles. The predicted molar refractivity (Wildman–Crippen MR) is 97.0 cm³/mol. The number of pyridine rings is 2. The molecule has 0 radical (unpaired) electrons. The predicted octanol–water partition coefficient (Wildman–Crippen LogP) is 2.52. The Balaban J connectivity index is 1.69. The topological polar surface area (TPSA) is 82.8 Å². The molecule has 26 heavy (non-hydrogen) atoms. The molecule has 1 amide bonds. The van der Waals surface area contributed by atoms with E-state index in [9.17, 15) is 9.18 Å². The van der Waals surface area contributed by atoms with Crippen LogP contribution in [0.4, 0.5) is 10.2 Å². The molecular weight excluding hydrogens is 333 g/mol. The molecule has 0 atom stereocenters. The van der Waals surface area contributed by atoms with Crippen molar-refractivity contribution in [3.05, 3.63) is 88.9 Å². The first-order chi connectivity index (χ1) is 12.5. The Morgan fingerprint density at radius 2 is 2.04 bits per heavy atom. The second-order valence-corrected chi connectivity index (χ2v) is 5.71. The highest BCUT2D eigenvalue weighted by Crippen LogP contribution is 2.13. The fourth-order valence-electron chi connectivity index (χ4n) is 2.49. The van der Waals surface area contributed by atoms with Crippen LogP contribution in [0.2, 0.25) is 0 Å². The zero-order valence-electron chi connectivity index (χ0n) is 14.2. The first-order valence-electron chi connectivity index (χ1n) is 8.01. The number of amides is 1. The highest BCUT2D eigenvalue weighted by molar-refractivity contribution is 6.03. The van der Waals surface area contributed by atoms with Crippen LogP contribution in [-0.4, -0.2) is 22.6 Å². The molecule has 0 aliphatic heterocycles. The fourth-order valence-corrected chi connectivity index (χ4v) is 2.49. The quantitative estimate of drug-likeness (QED) is 0.660. The lowest BCUT2D eigenvalue weighted by atomic mass is 10.1. The molecule has 3 N–H and O–H groups in total. The Morgan fingerprint density at radius 1 is 1.19 bits per heavy atom. The molecule has 132 valence electrons. The standard InChI is InChI=1S/C19H18FN5O/c1-22-25-12-15(6-7-17(25)21)19(26)24-18-8-5-14(11-23-18)9-13-3-2-4-16(20)10-13/h2-8,10-12,21-22H,9H2,1H3,(H,23,24,26).